The van der Waals surface area contributed by atoms with Gasteiger partial charge in [-0.25, -0.2) is 0 Å². The van der Waals surface area contributed by atoms with Gasteiger partial charge >= 0.3 is 0 Å². The van der Waals surface area contributed by atoms with Crippen LogP contribution in [0, 0.1) is 0 Å². The van der Waals surface area contributed by atoms with Crippen molar-refractivity contribution in [3.63, 3.8) is 0 Å². The van der Waals surface area contributed by atoms with Crippen LogP contribution in [0.1, 0.15) is 19.8 Å². The normalized spacial score (nSPS) is 10.3. The van der Waals surface area contributed by atoms with Gasteiger partial charge < -0.3 is 5.32 Å². The molecule has 1 aromatic rings. The van der Waals surface area contributed by atoms with Crippen LogP contribution in [-0.4, -0.2) is 18.1 Å². The van der Waals surface area contributed by atoms with Crippen molar-refractivity contribution in [2.75, 3.05) is 23.4 Å². The molecule has 0 amide bonds. The molecule has 1 rings (SSSR count). The number of anilines is 1. The van der Waals surface area contributed by atoms with Crippen LogP contribution in [0.5, 0.6) is 0 Å². The molecule has 0 aliphatic rings. The molecule has 0 heterocycles. The minimum atomic E-state index is 1.04. The second kappa shape index (κ2) is 8.05. The van der Waals surface area contributed by atoms with E-state index >= 15 is 0 Å². The maximum atomic E-state index is 3.52. The predicted octanol–water partition coefficient (Wildman–Crippen LogP) is 4.39. The van der Waals surface area contributed by atoms with E-state index in [9.17, 15) is 0 Å². The summed E-state index contributed by atoms with van der Waals surface area (Å²) in [4.78, 5) is 0. The Labute approximate surface area is 105 Å². The quantitative estimate of drug-likeness (QED) is 0.747. The topological polar surface area (TPSA) is 12.0 Å². The average Bonchev–Trinajstić information content (AvgIpc) is 2.25. The van der Waals surface area contributed by atoms with Gasteiger partial charge in [-0.15, -0.1) is 0 Å². The van der Waals surface area contributed by atoms with E-state index < -0.39 is 0 Å². The van der Waals surface area contributed by atoms with Crippen molar-refractivity contribution in [3.8, 4) is 0 Å². The Balaban J connectivity index is 2.12. The number of benzene rings is 1. The Hall–Kier alpha value is -0.150. The summed E-state index contributed by atoms with van der Waals surface area (Å²) in [6.07, 6.45) is 2.63. The third-order valence-electron chi connectivity index (χ3n) is 2.08. The minimum absolute atomic E-state index is 1.04. The summed E-state index contributed by atoms with van der Waals surface area (Å²) >= 11 is 5.55. The number of hydrogen-bond acceptors (Lipinski definition) is 2. The van der Waals surface area contributed by atoms with E-state index in [1.807, 2.05) is 17.8 Å². The molecular weight excluding hydrogens is 270 g/mol. The van der Waals surface area contributed by atoms with Crippen molar-refractivity contribution in [1.82, 2.24) is 0 Å². The number of para-hydroxylation sites is 1. The second-order valence-electron chi connectivity index (χ2n) is 3.37. The molecule has 0 spiro atoms. The number of rotatable bonds is 7. The fourth-order valence-electron chi connectivity index (χ4n) is 1.21. The highest BCUT2D eigenvalue weighted by molar-refractivity contribution is 9.10. The minimum Gasteiger partial charge on any atom is -0.383 e. The highest BCUT2D eigenvalue weighted by atomic mass is 79.9. The van der Waals surface area contributed by atoms with Gasteiger partial charge in [0.15, 0.2) is 0 Å². The van der Waals surface area contributed by atoms with Crippen LogP contribution in [0.2, 0.25) is 0 Å². The van der Waals surface area contributed by atoms with Crippen LogP contribution in [0.4, 0.5) is 5.69 Å². The first kappa shape index (κ1) is 12.9. The number of nitrogens with one attached hydrogen (secondary N) is 1. The van der Waals surface area contributed by atoms with Crippen LogP contribution in [0.3, 0.4) is 0 Å². The summed E-state index contributed by atoms with van der Waals surface area (Å²) in [7, 11) is 0. The van der Waals surface area contributed by atoms with Gasteiger partial charge in [0, 0.05) is 22.5 Å². The SMILES string of the molecule is CCCCSCCNc1ccccc1Br. The predicted molar refractivity (Wildman–Crippen MR) is 74.9 cm³/mol. The molecule has 0 saturated carbocycles. The van der Waals surface area contributed by atoms with Crippen molar-refractivity contribution < 1.29 is 0 Å². The first-order chi connectivity index (χ1) is 7.34. The molecule has 0 aromatic heterocycles. The van der Waals surface area contributed by atoms with Gasteiger partial charge in [0.2, 0.25) is 0 Å². The molecule has 0 atom stereocenters. The first-order valence-electron chi connectivity index (χ1n) is 5.40. The number of unbranched alkanes of at least 4 members (excludes halogenated alkanes) is 1. The summed E-state index contributed by atoms with van der Waals surface area (Å²) in [5, 5.41) is 3.42. The maximum absolute atomic E-state index is 3.52. The van der Waals surface area contributed by atoms with Crippen molar-refractivity contribution in [1.29, 1.82) is 0 Å². The molecule has 15 heavy (non-hydrogen) atoms. The monoisotopic (exact) mass is 287 g/mol. The summed E-state index contributed by atoms with van der Waals surface area (Å²) in [6, 6.07) is 8.25. The third kappa shape index (κ3) is 5.47. The summed E-state index contributed by atoms with van der Waals surface area (Å²) in [6.45, 7) is 3.27. The lowest BCUT2D eigenvalue weighted by Crippen LogP contribution is -2.04. The fourth-order valence-corrected chi connectivity index (χ4v) is 2.58. The van der Waals surface area contributed by atoms with Gasteiger partial charge in [0.25, 0.3) is 0 Å². The highest BCUT2D eigenvalue weighted by Crippen LogP contribution is 2.20. The average molecular weight is 288 g/mol. The lowest BCUT2D eigenvalue weighted by atomic mass is 10.3. The molecule has 0 unspecified atom stereocenters. The van der Waals surface area contributed by atoms with E-state index in [1.165, 1.54) is 30.0 Å². The van der Waals surface area contributed by atoms with Crippen LogP contribution in [-0.2, 0) is 0 Å². The standard InChI is InChI=1S/C12H18BrNS/c1-2-3-9-15-10-8-14-12-7-5-4-6-11(12)13/h4-7,14H,2-3,8-10H2,1H3. The Kier molecular flexibility index (Phi) is 6.94. The van der Waals surface area contributed by atoms with E-state index in [-0.39, 0.29) is 0 Å². The molecule has 84 valence electrons. The molecule has 1 N–H and O–H groups in total. The molecule has 0 bridgehead atoms. The smallest absolute Gasteiger partial charge is 0.0484 e. The van der Waals surface area contributed by atoms with Crippen molar-refractivity contribution in [3.05, 3.63) is 28.7 Å². The zero-order chi connectivity index (χ0) is 10.9. The molecule has 0 saturated heterocycles. The number of thioether (sulfide) groups is 1. The van der Waals surface area contributed by atoms with Crippen LogP contribution < -0.4 is 5.32 Å². The lowest BCUT2D eigenvalue weighted by Gasteiger charge is -2.07. The van der Waals surface area contributed by atoms with Gasteiger partial charge in [0.05, 0.1) is 0 Å². The molecule has 0 fully saturated rings. The van der Waals surface area contributed by atoms with Gasteiger partial charge in [0.1, 0.15) is 0 Å². The van der Waals surface area contributed by atoms with E-state index in [0.717, 1.165) is 11.0 Å². The Morgan fingerprint density at radius 2 is 2.07 bits per heavy atom. The van der Waals surface area contributed by atoms with Gasteiger partial charge in [-0.3, -0.25) is 0 Å². The van der Waals surface area contributed by atoms with E-state index in [4.69, 9.17) is 0 Å². The number of halogens is 1. The maximum Gasteiger partial charge on any atom is 0.0484 e. The van der Waals surface area contributed by atoms with Gasteiger partial charge in [-0.1, -0.05) is 25.5 Å². The lowest BCUT2D eigenvalue weighted by molar-refractivity contribution is 0.896. The Morgan fingerprint density at radius 3 is 2.80 bits per heavy atom. The summed E-state index contributed by atoms with van der Waals surface area (Å²) in [5.41, 5.74) is 1.19. The Bertz CT molecular complexity index is 278. The first-order valence-corrected chi connectivity index (χ1v) is 7.35. The van der Waals surface area contributed by atoms with Crippen molar-refractivity contribution >= 4 is 33.4 Å². The Morgan fingerprint density at radius 1 is 1.27 bits per heavy atom. The molecule has 0 aliphatic carbocycles. The molecule has 3 heteroatoms. The zero-order valence-corrected chi connectivity index (χ0v) is 11.5. The molecule has 0 radical (unpaired) electrons. The van der Waals surface area contributed by atoms with Gasteiger partial charge in [-0.05, 0) is 40.2 Å². The third-order valence-corrected chi connectivity index (χ3v) is 3.84. The summed E-state index contributed by atoms with van der Waals surface area (Å²) in [5.74, 6) is 2.47. The van der Waals surface area contributed by atoms with E-state index in [2.05, 4.69) is 46.4 Å². The second-order valence-corrected chi connectivity index (χ2v) is 5.45. The summed E-state index contributed by atoms with van der Waals surface area (Å²) < 4.78 is 1.14. The van der Waals surface area contributed by atoms with Crippen LogP contribution in [0.25, 0.3) is 0 Å². The fraction of sp³-hybridized carbons (Fsp3) is 0.500. The molecular formula is C12H18BrNS. The highest BCUT2D eigenvalue weighted by Gasteiger charge is 1.96. The van der Waals surface area contributed by atoms with Crippen LogP contribution >= 0.6 is 27.7 Å². The molecule has 0 aliphatic heterocycles. The number of hydrogen-bond donors (Lipinski definition) is 1. The van der Waals surface area contributed by atoms with Crippen LogP contribution in [0.15, 0.2) is 28.7 Å². The molecule has 1 nitrogen and oxygen atoms in total. The van der Waals surface area contributed by atoms with Gasteiger partial charge in [-0.2, -0.15) is 11.8 Å². The molecule has 1 aromatic carbocycles. The largest absolute Gasteiger partial charge is 0.383 e. The van der Waals surface area contributed by atoms with Crippen molar-refractivity contribution in [2.24, 2.45) is 0 Å². The van der Waals surface area contributed by atoms with Crippen molar-refractivity contribution in [2.45, 2.75) is 19.8 Å². The van der Waals surface area contributed by atoms with E-state index in [0.29, 0.717) is 0 Å². The van der Waals surface area contributed by atoms with E-state index in [1.54, 1.807) is 0 Å². The zero-order valence-electron chi connectivity index (χ0n) is 9.13.